The molecule has 0 spiro atoms. The lowest BCUT2D eigenvalue weighted by Crippen LogP contribution is -2.46. The highest BCUT2D eigenvalue weighted by Crippen LogP contribution is 2.34. The summed E-state index contributed by atoms with van der Waals surface area (Å²) < 4.78 is 11.4. The smallest absolute Gasteiger partial charge is 0.228 e. The predicted octanol–water partition coefficient (Wildman–Crippen LogP) is 10.0. The van der Waals surface area contributed by atoms with Crippen LogP contribution in [0.25, 0.3) is 0 Å². The van der Waals surface area contributed by atoms with Gasteiger partial charge in [-0.15, -0.1) is 12.4 Å². The molecule has 0 aromatic heterocycles. The molecule has 10 nitrogen and oxygen atoms in total. The predicted molar refractivity (Wildman–Crippen MR) is 255 cm³/mol. The molecule has 2 amide bonds. The quantitative estimate of drug-likeness (QED) is 0.0901. The van der Waals surface area contributed by atoms with Gasteiger partial charge >= 0.3 is 0 Å². The van der Waals surface area contributed by atoms with E-state index in [2.05, 4.69) is 46.6 Å². The lowest BCUT2D eigenvalue weighted by atomic mass is 10.1. The van der Waals surface area contributed by atoms with Crippen LogP contribution in [0.5, 0.6) is 11.5 Å². The van der Waals surface area contributed by atoms with Crippen LogP contribution in [-0.4, -0.2) is 94.2 Å². The molecule has 8 rings (SSSR count). The number of amides is 2. The van der Waals surface area contributed by atoms with Gasteiger partial charge in [-0.25, -0.2) is 0 Å². The van der Waals surface area contributed by atoms with E-state index in [0.717, 1.165) is 142 Å². The third-order valence-corrected chi connectivity index (χ3v) is 12.6. The average Bonchev–Trinajstić information content (AvgIpc) is 3.82. The summed E-state index contributed by atoms with van der Waals surface area (Å²) in [6.07, 6.45) is 5.20. The molecule has 0 bridgehead atoms. The van der Waals surface area contributed by atoms with Gasteiger partial charge in [-0.1, -0.05) is 86.6 Å². The summed E-state index contributed by atoms with van der Waals surface area (Å²) >= 11 is 28.0. The molecule has 4 heterocycles. The van der Waals surface area contributed by atoms with E-state index in [1.54, 1.807) is 0 Å². The van der Waals surface area contributed by atoms with Gasteiger partial charge in [0.05, 0.1) is 57.5 Å². The number of unbranched alkanes of at least 4 members (excludes halogenated alkanes) is 2. The van der Waals surface area contributed by atoms with Crippen molar-refractivity contribution >= 4 is 109 Å². The summed E-state index contributed by atoms with van der Waals surface area (Å²) in [5.41, 5.74) is 5.94. The van der Waals surface area contributed by atoms with Crippen LogP contribution in [0.1, 0.15) is 36.8 Å². The molecule has 16 heteroatoms. The number of ether oxygens (including phenoxy) is 2. The highest BCUT2D eigenvalue weighted by molar-refractivity contribution is 9.09. The maximum Gasteiger partial charge on any atom is 0.228 e. The Hall–Kier alpha value is -3.13. The number of hydrogen-bond acceptors (Lipinski definition) is 8. The van der Waals surface area contributed by atoms with E-state index in [4.69, 9.17) is 55.9 Å². The molecule has 60 heavy (non-hydrogen) atoms. The fourth-order valence-corrected chi connectivity index (χ4v) is 8.40. The highest BCUT2D eigenvalue weighted by atomic mass is 79.9. The van der Waals surface area contributed by atoms with Crippen LogP contribution in [0.4, 0.5) is 22.7 Å². The summed E-state index contributed by atoms with van der Waals surface area (Å²) in [6, 6.07) is 23.2. The lowest BCUT2D eigenvalue weighted by Gasteiger charge is -2.36. The Morgan fingerprint density at radius 1 is 0.600 bits per heavy atom. The molecule has 0 unspecified atom stereocenters. The van der Waals surface area contributed by atoms with Crippen LogP contribution in [-0.2, 0) is 22.4 Å². The van der Waals surface area contributed by atoms with E-state index >= 15 is 0 Å². The summed E-state index contributed by atoms with van der Waals surface area (Å²) in [5.74, 6) is 1.76. The van der Waals surface area contributed by atoms with E-state index < -0.39 is 0 Å². The van der Waals surface area contributed by atoms with Crippen LogP contribution in [0, 0.1) is 0 Å². The minimum Gasteiger partial charge on any atom is -0.494 e. The minimum absolute atomic E-state index is 0. The zero-order chi connectivity index (χ0) is 41.6. The van der Waals surface area contributed by atoms with Crippen molar-refractivity contribution in [1.82, 2.24) is 10.2 Å². The zero-order valence-corrected chi connectivity index (χ0v) is 38.9. The van der Waals surface area contributed by atoms with Gasteiger partial charge in [-0.2, -0.15) is 0 Å². The van der Waals surface area contributed by atoms with E-state index in [1.807, 2.05) is 72.8 Å². The first kappa shape index (κ1) is 47.9. The molecule has 324 valence electrons. The summed E-state index contributed by atoms with van der Waals surface area (Å²) in [7, 11) is 0. The summed E-state index contributed by atoms with van der Waals surface area (Å²) in [5, 5.41) is 12.5. The van der Waals surface area contributed by atoms with Gasteiger partial charge in [0, 0.05) is 81.2 Å². The van der Waals surface area contributed by atoms with E-state index in [1.165, 1.54) is 0 Å². The van der Waals surface area contributed by atoms with Crippen molar-refractivity contribution in [2.24, 2.45) is 0 Å². The fourth-order valence-electron chi connectivity index (χ4n) is 7.17. The Bertz CT molecular complexity index is 2030. The van der Waals surface area contributed by atoms with Gasteiger partial charge in [0.2, 0.25) is 11.8 Å². The lowest BCUT2D eigenvalue weighted by molar-refractivity contribution is -0.115. The largest absolute Gasteiger partial charge is 0.494 e. The average molecular weight is 986 g/mol. The SMILES string of the molecule is Cl.Clc1cccc(N2CCNCC2)c1Cl.O=C1Cc2ccc(OCCCCBr)cc2N1.O=C1Cc2ccc(OCCCCN3CCN(c4cccc(Cl)c4Cl)CC3)cc2N1. The number of halogens is 6. The first-order chi connectivity index (χ1) is 28.7. The van der Waals surface area contributed by atoms with Gasteiger partial charge in [-0.3, -0.25) is 14.5 Å². The summed E-state index contributed by atoms with van der Waals surface area (Å²) in [6.45, 7) is 10.4. The van der Waals surface area contributed by atoms with Crippen LogP contribution < -0.4 is 35.2 Å². The molecular weight excluding hydrogens is 934 g/mol. The number of carbonyl (C=O) groups excluding carboxylic acids is 2. The number of anilines is 4. The first-order valence-electron chi connectivity index (χ1n) is 20.2. The number of nitrogens with zero attached hydrogens (tertiary/aromatic N) is 3. The molecule has 3 N–H and O–H groups in total. The second-order valence-electron chi connectivity index (χ2n) is 14.6. The first-order valence-corrected chi connectivity index (χ1v) is 22.8. The third kappa shape index (κ3) is 13.9. The topological polar surface area (TPSA) is 98.4 Å². The Kier molecular flexibility index (Phi) is 19.6. The molecule has 2 saturated heterocycles. The fraction of sp³-hybridized carbons (Fsp3) is 0.409. The van der Waals surface area contributed by atoms with Crippen molar-refractivity contribution in [1.29, 1.82) is 0 Å². The molecule has 0 saturated carbocycles. The van der Waals surface area contributed by atoms with Crippen molar-refractivity contribution in [3.8, 4) is 11.5 Å². The molecule has 0 atom stereocenters. The van der Waals surface area contributed by atoms with Crippen LogP contribution in [0.3, 0.4) is 0 Å². The number of piperazine rings is 2. The number of benzene rings is 4. The number of rotatable bonds is 13. The van der Waals surface area contributed by atoms with Crippen LogP contribution >= 0.6 is 74.7 Å². The maximum atomic E-state index is 11.4. The maximum absolute atomic E-state index is 11.4. The Morgan fingerprint density at radius 2 is 1.08 bits per heavy atom. The molecule has 4 aliphatic rings. The van der Waals surface area contributed by atoms with Crippen molar-refractivity contribution in [3.05, 3.63) is 104 Å². The Labute approximate surface area is 388 Å². The van der Waals surface area contributed by atoms with Crippen molar-refractivity contribution in [2.75, 3.05) is 97.9 Å². The van der Waals surface area contributed by atoms with Gasteiger partial charge < -0.3 is 35.2 Å². The third-order valence-electron chi connectivity index (χ3n) is 10.4. The Morgan fingerprint density at radius 3 is 1.58 bits per heavy atom. The number of carbonyl (C=O) groups is 2. The number of nitrogens with one attached hydrogen (secondary N) is 3. The van der Waals surface area contributed by atoms with E-state index in [-0.39, 0.29) is 24.2 Å². The van der Waals surface area contributed by atoms with Crippen molar-refractivity contribution in [3.63, 3.8) is 0 Å². The molecule has 0 radical (unpaired) electrons. The van der Waals surface area contributed by atoms with E-state index in [9.17, 15) is 9.59 Å². The normalized spacial score (nSPS) is 15.6. The number of hydrogen-bond donors (Lipinski definition) is 3. The number of fused-ring (bicyclic) bond motifs is 2. The standard InChI is InChI=1S/C22H25Cl2N3O2.C12H14BrNO2.C10H12Cl2N2.ClH/c23-18-4-3-5-20(22(18)24)27-11-9-26(10-12-27)8-1-2-13-29-17-7-6-16-14-21(28)25-19(16)15-17;13-5-1-2-6-16-10-4-3-9-7-12(15)14-11(9)8-10;11-8-2-1-3-9(10(8)12)14-6-4-13-5-7-14;/h3-7,15H,1-2,8-14H2,(H,25,28);3-4,8H,1-2,5-7H2,(H,14,15);1-3,13H,4-7H2;1H. The van der Waals surface area contributed by atoms with Gasteiger partial charge in [0.1, 0.15) is 11.5 Å². The molecule has 4 aromatic carbocycles. The monoisotopic (exact) mass is 982 g/mol. The van der Waals surface area contributed by atoms with Crippen LogP contribution in [0.2, 0.25) is 20.1 Å². The van der Waals surface area contributed by atoms with Gasteiger partial charge in [0.15, 0.2) is 0 Å². The highest BCUT2D eigenvalue weighted by Gasteiger charge is 2.21. The second-order valence-corrected chi connectivity index (χ2v) is 17.0. The molecular formula is C44H52BrCl5N6O4. The van der Waals surface area contributed by atoms with Gasteiger partial charge in [-0.05, 0) is 79.8 Å². The summed E-state index contributed by atoms with van der Waals surface area (Å²) in [4.78, 5) is 29.6. The van der Waals surface area contributed by atoms with Crippen molar-refractivity contribution < 1.29 is 19.1 Å². The second kappa shape index (κ2) is 24.5. The molecule has 4 aromatic rings. The number of alkyl halides is 1. The van der Waals surface area contributed by atoms with Gasteiger partial charge in [0.25, 0.3) is 0 Å². The Balaban J connectivity index is 0.000000186. The molecule has 0 aliphatic carbocycles. The molecule has 2 fully saturated rings. The molecule has 4 aliphatic heterocycles. The zero-order valence-electron chi connectivity index (χ0n) is 33.4. The minimum atomic E-state index is 0. The van der Waals surface area contributed by atoms with E-state index in [0.29, 0.717) is 39.5 Å². The van der Waals surface area contributed by atoms with Crippen molar-refractivity contribution in [2.45, 2.75) is 38.5 Å². The van der Waals surface area contributed by atoms with Crippen LogP contribution in [0.15, 0.2) is 72.8 Å².